The number of aromatic nitrogens is 1. The third-order valence-corrected chi connectivity index (χ3v) is 6.36. The van der Waals surface area contributed by atoms with Crippen molar-refractivity contribution in [3.8, 4) is 5.75 Å². The van der Waals surface area contributed by atoms with Crippen LogP contribution < -0.4 is 4.74 Å². The van der Waals surface area contributed by atoms with Crippen molar-refractivity contribution in [1.29, 1.82) is 0 Å². The fraction of sp³-hybridized carbons (Fsp3) is 0.0870. The van der Waals surface area contributed by atoms with E-state index in [-0.39, 0.29) is 10.7 Å². The molecule has 0 unspecified atom stereocenters. The van der Waals surface area contributed by atoms with Crippen LogP contribution in [-0.2, 0) is 16.6 Å². The monoisotopic (exact) mass is 405 g/mol. The van der Waals surface area contributed by atoms with E-state index < -0.39 is 10.0 Å². The quantitative estimate of drug-likeness (QED) is 0.438. The number of fused-ring (bicyclic) bond motifs is 1. The van der Waals surface area contributed by atoms with Crippen LogP contribution in [0, 0.1) is 0 Å². The van der Waals surface area contributed by atoms with E-state index in [1.807, 2.05) is 30.3 Å². The van der Waals surface area contributed by atoms with Gasteiger partial charge in [0.25, 0.3) is 10.0 Å². The molecule has 146 valence electrons. The second-order valence-electron chi connectivity index (χ2n) is 6.67. The van der Waals surface area contributed by atoms with Gasteiger partial charge in [0.1, 0.15) is 12.4 Å². The summed E-state index contributed by atoms with van der Waals surface area (Å²) >= 11 is 0. The molecular formula is C23H19NO4S. The predicted molar refractivity (Wildman–Crippen MR) is 112 cm³/mol. The van der Waals surface area contributed by atoms with Gasteiger partial charge in [0.15, 0.2) is 5.78 Å². The van der Waals surface area contributed by atoms with Crippen molar-refractivity contribution in [2.75, 3.05) is 0 Å². The lowest BCUT2D eigenvalue weighted by Crippen LogP contribution is -2.11. The van der Waals surface area contributed by atoms with E-state index in [0.29, 0.717) is 28.8 Å². The topological polar surface area (TPSA) is 65.4 Å². The molecule has 0 saturated carbocycles. The van der Waals surface area contributed by atoms with Crippen molar-refractivity contribution in [2.24, 2.45) is 0 Å². The van der Waals surface area contributed by atoms with Gasteiger partial charge in [-0.2, -0.15) is 0 Å². The standard InChI is InChI=1S/C23H19NO4S/c1-17(25)22-15-24(29(26,27)20-10-6-3-7-11-20)23-13-12-19(14-21(22)23)28-16-18-8-4-2-5-9-18/h2-15H,16H2,1H3. The van der Waals surface area contributed by atoms with Gasteiger partial charge in [0, 0.05) is 17.1 Å². The summed E-state index contributed by atoms with van der Waals surface area (Å²) in [5.41, 5.74) is 1.79. The highest BCUT2D eigenvalue weighted by Crippen LogP contribution is 2.30. The summed E-state index contributed by atoms with van der Waals surface area (Å²) in [5.74, 6) is 0.357. The zero-order valence-electron chi connectivity index (χ0n) is 15.8. The van der Waals surface area contributed by atoms with Crippen LogP contribution >= 0.6 is 0 Å². The Kier molecular flexibility index (Phi) is 4.94. The Labute approximate surface area is 169 Å². The first kappa shape index (κ1) is 19.0. The van der Waals surface area contributed by atoms with Gasteiger partial charge in [-0.05, 0) is 42.8 Å². The first-order chi connectivity index (χ1) is 14.0. The second-order valence-corrected chi connectivity index (χ2v) is 8.48. The summed E-state index contributed by atoms with van der Waals surface area (Å²) in [5, 5.41) is 0.544. The zero-order valence-corrected chi connectivity index (χ0v) is 16.6. The van der Waals surface area contributed by atoms with Crippen molar-refractivity contribution < 1.29 is 17.9 Å². The van der Waals surface area contributed by atoms with E-state index in [0.717, 1.165) is 9.54 Å². The predicted octanol–water partition coefficient (Wildman–Crippen LogP) is 4.66. The van der Waals surface area contributed by atoms with Crippen molar-refractivity contribution in [1.82, 2.24) is 3.97 Å². The molecule has 1 aromatic heterocycles. The summed E-state index contributed by atoms with van der Waals surface area (Å²) in [7, 11) is -3.82. The van der Waals surface area contributed by atoms with Crippen LogP contribution in [0.15, 0.2) is 90.0 Å². The highest BCUT2D eigenvalue weighted by atomic mass is 32.2. The van der Waals surface area contributed by atoms with E-state index in [4.69, 9.17) is 4.74 Å². The van der Waals surface area contributed by atoms with Crippen LogP contribution in [0.3, 0.4) is 0 Å². The lowest BCUT2D eigenvalue weighted by atomic mass is 10.1. The van der Waals surface area contributed by atoms with E-state index in [9.17, 15) is 13.2 Å². The Balaban J connectivity index is 1.77. The number of hydrogen-bond acceptors (Lipinski definition) is 4. The average Bonchev–Trinajstić information content (AvgIpc) is 3.14. The summed E-state index contributed by atoms with van der Waals surface area (Å²) in [6.45, 7) is 1.80. The van der Waals surface area contributed by atoms with Crippen LogP contribution in [0.25, 0.3) is 10.9 Å². The fourth-order valence-corrected chi connectivity index (χ4v) is 4.59. The molecule has 29 heavy (non-hydrogen) atoms. The zero-order chi connectivity index (χ0) is 20.4. The number of hydrogen-bond donors (Lipinski definition) is 0. The Morgan fingerprint density at radius 1 is 0.931 bits per heavy atom. The van der Waals surface area contributed by atoms with Gasteiger partial charge in [-0.25, -0.2) is 12.4 Å². The minimum atomic E-state index is -3.82. The summed E-state index contributed by atoms with van der Waals surface area (Å²) in [6.07, 6.45) is 1.39. The van der Waals surface area contributed by atoms with Crippen molar-refractivity contribution >= 4 is 26.7 Å². The molecule has 5 nitrogen and oxygen atoms in total. The molecule has 4 rings (SSSR count). The van der Waals surface area contributed by atoms with Gasteiger partial charge in [-0.1, -0.05) is 48.5 Å². The molecule has 0 N–H and O–H groups in total. The molecule has 0 aliphatic rings. The smallest absolute Gasteiger partial charge is 0.268 e. The number of ether oxygens (including phenoxy) is 1. The Bertz CT molecular complexity index is 1280. The molecule has 0 fully saturated rings. The van der Waals surface area contributed by atoms with Gasteiger partial charge in [0.2, 0.25) is 0 Å². The maximum absolute atomic E-state index is 13.1. The Morgan fingerprint density at radius 3 is 2.24 bits per heavy atom. The molecule has 1 heterocycles. The third kappa shape index (κ3) is 3.67. The first-order valence-corrected chi connectivity index (χ1v) is 10.5. The molecule has 0 amide bonds. The number of carbonyl (C=O) groups is 1. The highest BCUT2D eigenvalue weighted by Gasteiger charge is 2.22. The van der Waals surface area contributed by atoms with E-state index in [1.54, 1.807) is 36.4 Å². The van der Waals surface area contributed by atoms with Crippen molar-refractivity contribution in [3.63, 3.8) is 0 Å². The highest BCUT2D eigenvalue weighted by molar-refractivity contribution is 7.90. The molecule has 0 aliphatic carbocycles. The first-order valence-electron chi connectivity index (χ1n) is 9.10. The van der Waals surface area contributed by atoms with Gasteiger partial charge in [-0.15, -0.1) is 0 Å². The third-order valence-electron chi connectivity index (χ3n) is 4.67. The van der Waals surface area contributed by atoms with E-state index >= 15 is 0 Å². The summed E-state index contributed by atoms with van der Waals surface area (Å²) in [4.78, 5) is 12.3. The molecule has 3 aromatic carbocycles. The maximum atomic E-state index is 13.1. The second kappa shape index (κ2) is 7.56. The van der Waals surface area contributed by atoms with Crippen molar-refractivity contribution in [2.45, 2.75) is 18.4 Å². The summed E-state index contributed by atoms with van der Waals surface area (Å²) < 4.78 is 33.2. The van der Waals surface area contributed by atoms with E-state index in [2.05, 4.69) is 0 Å². The van der Waals surface area contributed by atoms with Crippen LogP contribution in [-0.4, -0.2) is 18.2 Å². The van der Waals surface area contributed by atoms with Gasteiger partial charge in [-0.3, -0.25) is 4.79 Å². The van der Waals surface area contributed by atoms with Crippen LogP contribution in [0.1, 0.15) is 22.8 Å². The van der Waals surface area contributed by atoms with Gasteiger partial charge >= 0.3 is 0 Å². The molecule has 6 heteroatoms. The Morgan fingerprint density at radius 2 is 1.59 bits per heavy atom. The molecule has 0 saturated heterocycles. The molecule has 0 aliphatic heterocycles. The van der Waals surface area contributed by atoms with Crippen LogP contribution in [0.4, 0.5) is 0 Å². The molecule has 4 aromatic rings. The number of carbonyl (C=O) groups excluding carboxylic acids is 1. The average molecular weight is 405 g/mol. The minimum absolute atomic E-state index is 0.163. The lowest BCUT2D eigenvalue weighted by Gasteiger charge is -2.09. The van der Waals surface area contributed by atoms with Crippen LogP contribution in [0.5, 0.6) is 5.75 Å². The normalized spacial score (nSPS) is 11.5. The van der Waals surface area contributed by atoms with Crippen LogP contribution in [0.2, 0.25) is 0 Å². The van der Waals surface area contributed by atoms with Gasteiger partial charge in [0.05, 0.1) is 10.4 Å². The fourth-order valence-electron chi connectivity index (χ4n) is 3.20. The molecule has 0 radical (unpaired) electrons. The molecule has 0 spiro atoms. The summed E-state index contributed by atoms with van der Waals surface area (Å²) in [6, 6.07) is 23.0. The van der Waals surface area contributed by atoms with Gasteiger partial charge < -0.3 is 4.74 Å². The number of Topliss-reactive ketones (excluding diaryl/α,β-unsaturated/α-hetero) is 1. The largest absolute Gasteiger partial charge is 0.489 e. The minimum Gasteiger partial charge on any atom is -0.489 e. The molecule has 0 bridgehead atoms. The Hall–Kier alpha value is -3.38. The maximum Gasteiger partial charge on any atom is 0.268 e. The molecule has 0 atom stereocenters. The lowest BCUT2D eigenvalue weighted by molar-refractivity contribution is 0.101. The van der Waals surface area contributed by atoms with E-state index in [1.165, 1.54) is 25.3 Å². The SMILES string of the molecule is CC(=O)c1cn(S(=O)(=O)c2ccccc2)c2ccc(OCc3ccccc3)cc12. The van der Waals surface area contributed by atoms with Crippen molar-refractivity contribution in [3.05, 3.63) is 96.2 Å². The number of benzene rings is 3. The number of rotatable bonds is 6. The molecular weight excluding hydrogens is 386 g/mol. The number of nitrogens with zero attached hydrogens (tertiary/aromatic N) is 1. The number of ketones is 1.